The molecular formula is C16H22F3IN6O. The Morgan fingerprint density at radius 2 is 2.07 bits per heavy atom. The maximum absolute atomic E-state index is 12.2. The van der Waals surface area contributed by atoms with Crippen LogP contribution in [0.3, 0.4) is 0 Å². The quantitative estimate of drug-likeness (QED) is 0.349. The summed E-state index contributed by atoms with van der Waals surface area (Å²) in [5, 5.41) is 10.2. The van der Waals surface area contributed by atoms with Crippen LogP contribution in [-0.4, -0.2) is 40.1 Å². The molecule has 1 aromatic heterocycles. The van der Waals surface area contributed by atoms with Gasteiger partial charge in [-0.2, -0.15) is 18.3 Å². The van der Waals surface area contributed by atoms with Crippen LogP contribution in [0.5, 0.6) is 5.75 Å². The SMILES string of the molecule is CCNC(=NCc1cccc(OCC(F)(F)F)c1)NCc1ncnn1C.I. The zero-order valence-corrected chi connectivity index (χ0v) is 17.3. The molecule has 1 aromatic carbocycles. The van der Waals surface area contributed by atoms with Crippen molar-refractivity contribution in [3.63, 3.8) is 0 Å². The number of hydrogen-bond donors (Lipinski definition) is 2. The molecule has 0 aliphatic rings. The number of ether oxygens (including phenoxy) is 1. The minimum atomic E-state index is -4.36. The van der Waals surface area contributed by atoms with Crippen LogP contribution in [0.4, 0.5) is 13.2 Å². The topological polar surface area (TPSA) is 76.4 Å². The minimum absolute atomic E-state index is 0. The van der Waals surface area contributed by atoms with Crippen LogP contribution in [0, 0.1) is 0 Å². The van der Waals surface area contributed by atoms with E-state index in [9.17, 15) is 13.2 Å². The number of nitrogens with zero attached hydrogens (tertiary/aromatic N) is 4. The third-order valence-corrected chi connectivity index (χ3v) is 3.28. The highest BCUT2D eigenvalue weighted by atomic mass is 127. The molecule has 0 saturated heterocycles. The van der Waals surface area contributed by atoms with Gasteiger partial charge in [-0.15, -0.1) is 24.0 Å². The fourth-order valence-electron chi connectivity index (χ4n) is 2.05. The summed E-state index contributed by atoms with van der Waals surface area (Å²) in [6.45, 7) is 2.01. The molecule has 0 amide bonds. The predicted octanol–water partition coefficient (Wildman–Crippen LogP) is 2.63. The van der Waals surface area contributed by atoms with Crippen LogP contribution in [0.25, 0.3) is 0 Å². The second-order valence-corrected chi connectivity index (χ2v) is 5.40. The Balaban J connectivity index is 0.00000364. The molecule has 0 fully saturated rings. The lowest BCUT2D eigenvalue weighted by Crippen LogP contribution is -2.37. The molecule has 0 spiro atoms. The van der Waals surface area contributed by atoms with E-state index in [2.05, 4.69) is 25.7 Å². The first kappa shape index (κ1) is 23.0. The van der Waals surface area contributed by atoms with E-state index in [1.54, 1.807) is 29.9 Å². The summed E-state index contributed by atoms with van der Waals surface area (Å²) in [5.74, 6) is 1.47. The van der Waals surface area contributed by atoms with E-state index in [-0.39, 0.29) is 36.3 Å². The summed E-state index contributed by atoms with van der Waals surface area (Å²) in [6.07, 6.45) is -2.90. The average molecular weight is 498 g/mol. The molecule has 0 radical (unpaired) electrons. The second-order valence-electron chi connectivity index (χ2n) is 5.40. The summed E-state index contributed by atoms with van der Waals surface area (Å²) in [5.41, 5.74) is 0.737. The van der Waals surface area contributed by atoms with Gasteiger partial charge in [0.15, 0.2) is 12.6 Å². The van der Waals surface area contributed by atoms with Crippen molar-refractivity contribution >= 4 is 29.9 Å². The fraction of sp³-hybridized carbons (Fsp3) is 0.438. The van der Waals surface area contributed by atoms with E-state index >= 15 is 0 Å². The van der Waals surface area contributed by atoms with Crippen molar-refractivity contribution in [2.45, 2.75) is 26.2 Å². The van der Waals surface area contributed by atoms with Crippen molar-refractivity contribution in [2.24, 2.45) is 12.0 Å². The van der Waals surface area contributed by atoms with Gasteiger partial charge in [0, 0.05) is 13.6 Å². The van der Waals surface area contributed by atoms with Crippen molar-refractivity contribution in [3.05, 3.63) is 42.0 Å². The predicted molar refractivity (Wildman–Crippen MR) is 106 cm³/mol. The average Bonchev–Trinajstić information content (AvgIpc) is 3.00. The molecule has 2 aromatic rings. The Morgan fingerprint density at radius 3 is 2.70 bits per heavy atom. The number of aryl methyl sites for hydroxylation is 1. The van der Waals surface area contributed by atoms with Crippen LogP contribution in [0.1, 0.15) is 18.3 Å². The first-order valence-corrected chi connectivity index (χ1v) is 8.01. The van der Waals surface area contributed by atoms with Gasteiger partial charge >= 0.3 is 6.18 Å². The molecule has 27 heavy (non-hydrogen) atoms. The molecule has 150 valence electrons. The van der Waals surface area contributed by atoms with Crippen molar-refractivity contribution in [2.75, 3.05) is 13.2 Å². The van der Waals surface area contributed by atoms with Crippen LogP contribution >= 0.6 is 24.0 Å². The molecule has 0 atom stereocenters. The molecule has 0 saturated carbocycles. The second kappa shape index (κ2) is 10.9. The first-order chi connectivity index (χ1) is 12.4. The Kier molecular flexibility index (Phi) is 9.32. The summed E-state index contributed by atoms with van der Waals surface area (Å²) in [7, 11) is 1.79. The van der Waals surface area contributed by atoms with Gasteiger partial charge in [0.25, 0.3) is 0 Å². The molecule has 0 bridgehead atoms. The van der Waals surface area contributed by atoms with E-state index in [4.69, 9.17) is 4.74 Å². The number of nitrogens with one attached hydrogen (secondary N) is 2. The van der Waals surface area contributed by atoms with E-state index < -0.39 is 12.8 Å². The molecule has 0 unspecified atom stereocenters. The molecule has 2 rings (SSSR count). The number of alkyl halides is 3. The van der Waals surface area contributed by atoms with E-state index in [0.717, 1.165) is 11.4 Å². The lowest BCUT2D eigenvalue weighted by atomic mass is 10.2. The maximum atomic E-state index is 12.2. The zero-order chi connectivity index (χ0) is 19.0. The Morgan fingerprint density at radius 1 is 1.30 bits per heavy atom. The number of benzene rings is 1. The highest BCUT2D eigenvalue weighted by molar-refractivity contribution is 14.0. The fourth-order valence-corrected chi connectivity index (χ4v) is 2.05. The monoisotopic (exact) mass is 498 g/mol. The number of guanidine groups is 1. The van der Waals surface area contributed by atoms with Crippen molar-refractivity contribution in [1.82, 2.24) is 25.4 Å². The number of aliphatic imine (C=N–C) groups is 1. The third kappa shape index (κ3) is 8.45. The van der Waals surface area contributed by atoms with Gasteiger partial charge < -0.3 is 15.4 Å². The maximum Gasteiger partial charge on any atom is 0.422 e. The number of aromatic nitrogens is 3. The van der Waals surface area contributed by atoms with E-state index in [1.807, 2.05) is 6.92 Å². The lowest BCUT2D eigenvalue weighted by molar-refractivity contribution is -0.153. The Labute approximate surface area is 172 Å². The molecular weight excluding hydrogens is 476 g/mol. The summed E-state index contributed by atoms with van der Waals surface area (Å²) in [6, 6.07) is 6.44. The molecule has 0 aliphatic carbocycles. The van der Waals surface area contributed by atoms with E-state index in [0.29, 0.717) is 19.0 Å². The molecule has 0 aliphatic heterocycles. The van der Waals surface area contributed by atoms with Gasteiger partial charge in [-0.25, -0.2) is 9.98 Å². The first-order valence-electron chi connectivity index (χ1n) is 8.01. The van der Waals surface area contributed by atoms with Crippen molar-refractivity contribution in [1.29, 1.82) is 0 Å². The summed E-state index contributed by atoms with van der Waals surface area (Å²) < 4.78 is 43.1. The van der Waals surface area contributed by atoms with Crippen molar-refractivity contribution < 1.29 is 17.9 Å². The van der Waals surface area contributed by atoms with Crippen LogP contribution < -0.4 is 15.4 Å². The Hall–Kier alpha value is -2.05. The van der Waals surface area contributed by atoms with Gasteiger partial charge in [0.2, 0.25) is 0 Å². The standard InChI is InChI=1S/C16H21F3N6O.HI/c1-3-20-15(22-9-14-23-11-24-25(14)2)21-8-12-5-4-6-13(7-12)26-10-16(17,18)19;/h4-7,11H,3,8-10H2,1-2H3,(H2,20,21,22);1H. The van der Waals surface area contributed by atoms with Crippen LogP contribution in [0.15, 0.2) is 35.6 Å². The zero-order valence-electron chi connectivity index (χ0n) is 15.0. The van der Waals surface area contributed by atoms with E-state index in [1.165, 1.54) is 12.4 Å². The normalized spacial score (nSPS) is 11.7. The molecule has 2 N–H and O–H groups in total. The Bertz CT molecular complexity index is 735. The molecule has 1 heterocycles. The largest absolute Gasteiger partial charge is 0.484 e. The van der Waals surface area contributed by atoms with Gasteiger partial charge in [-0.05, 0) is 24.6 Å². The number of halogens is 4. The summed E-state index contributed by atoms with van der Waals surface area (Å²) in [4.78, 5) is 8.54. The smallest absolute Gasteiger partial charge is 0.422 e. The highest BCUT2D eigenvalue weighted by Gasteiger charge is 2.28. The molecule has 7 nitrogen and oxygen atoms in total. The number of rotatable bonds is 7. The van der Waals surface area contributed by atoms with Crippen LogP contribution in [0.2, 0.25) is 0 Å². The van der Waals surface area contributed by atoms with Gasteiger partial charge in [-0.3, -0.25) is 4.68 Å². The molecule has 11 heteroatoms. The number of hydrogen-bond acceptors (Lipinski definition) is 4. The van der Waals surface area contributed by atoms with Crippen molar-refractivity contribution in [3.8, 4) is 5.75 Å². The summed E-state index contributed by atoms with van der Waals surface area (Å²) >= 11 is 0. The van der Waals surface area contributed by atoms with Gasteiger partial charge in [0.05, 0.1) is 13.1 Å². The van der Waals surface area contributed by atoms with Gasteiger partial charge in [-0.1, -0.05) is 12.1 Å². The van der Waals surface area contributed by atoms with Crippen LogP contribution in [-0.2, 0) is 20.1 Å². The highest BCUT2D eigenvalue weighted by Crippen LogP contribution is 2.19. The minimum Gasteiger partial charge on any atom is -0.484 e. The van der Waals surface area contributed by atoms with Gasteiger partial charge in [0.1, 0.15) is 17.9 Å². The lowest BCUT2D eigenvalue weighted by Gasteiger charge is -2.12. The third-order valence-electron chi connectivity index (χ3n) is 3.28.